The first-order valence-electron chi connectivity index (χ1n) is 6.39. The molecule has 21 heavy (non-hydrogen) atoms. The van der Waals surface area contributed by atoms with E-state index in [4.69, 9.17) is 22.2 Å². The summed E-state index contributed by atoms with van der Waals surface area (Å²) in [6.45, 7) is 2.02. The van der Waals surface area contributed by atoms with E-state index >= 15 is 0 Å². The lowest BCUT2D eigenvalue weighted by Gasteiger charge is -2.13. The summed E-state index contributed by atoms with van der Waals surface area (Å²) in [6.07, 6.45) is 0.811. The maximum atomic E-state index is 6.08. The van der Waals surface area contributed by atoms with Gasteiger partial charge in [-0.25, -0.2) is 5.84 Å². The summed E-state index contributed by atoms with van der Waals surface area (Å²) < 4.78 is 5.67. The number of hydrogen-bond acceptors (Lipinski definition) is 7. The van der Waals surface area contributed by atoms with E-state index in [-0.39, 0.29) is 12.0 Å². The highest BCUT2D eigenvalue weighted by Crippen LogP contribution is 2.26. The lowest BCUT2D eigenvalue weighted by atomic mass is 10.1. The van der Waals surface area contributed by atoms with Gasteiger partial charge in [0, 0.05) is 19.1 Å². The lowest BCUT2D eigenvalue weighted by molar-refractivity contribution is 0.440. The van der Waals surface area contributed by atoms with E-state index in [1.807, 2.05) is 27.1 Å². The van der Waals surface area contributed by atoms with Gasteiger partial charge in [0.1, 0.15) is 5.75 Å². The minimum absolute atomic E-state index is 0.158. The summed E-state index contributed by atoms with van der Waals surface area (Å²) >= 11 is 6.08. The highest BCUT2D eigenvalue weighted by molar-refractivity contribution is 6.31. The van der Waals surface area contributed by atoms with E-state index in [9.17, 15) is 0 Å². The van der Waals surface area contributed by atoms with Crippen LogP contribution in [0.2, 0.25) is 5.02 Å². The molecule has 8 heteroatoms. The number of aromatic nitrogens is 3. The van der Waals surface area contributed by atoms with Crippen molar-refractivity contribution in [1.82, 2.24) is 15.0 Å². The number of nitrogens with one attached hydrogen (secondary N) is 1. The average molecular weight is 309 g/mol. The Morgan fingerprint density at radius 3 is 2.67 bits per heavy atom. The number of hydrazine groups is 1. The van der Waals surface area contributed by atoms with Crippen LogP contribution in [0.15, 0.2) is 18.2 Å². The van der Waals surface area contributed by atoms with Crippen LogP contribution in [0.4, 0.5) is 11.9 Å². The van der Waals surface area contributed by atoms with Gasteiger partial charge in [-0.15, -0.1) is 0 Å². The van der Waals surface area contributed by atoms with Gasteiger partial charge in [0.2, 0.25) is 11.9 Å². The van der Waals surface area contributed by atoms with E-state index in [0.29, 0.717) is 16.7 Å². The predicted molar refractivity (Wildman–Crippen MR) is 82.9 cm³/mol. The van der Waals surface area contributed by atoms with Crippen LogP contribution in [0.5, 0.6) is 11.8 Å². The second-order valence-corrected chi connectivity index (χ2v) is 4.90. The first-order chi connectivity index (χ1) is 10.0. The van der Waals surface area contributed by atoms with Crippen molar-refractivity contribution in [2.75, 3.05) is 24.4 Å². The third-order valence-electron chi connectivity index (χ3n) is 2.74. The molecule has 3 N–H and O–H groups in total. The number of aryl methyl sites for hydroxylation is 1. The Balaban J connectivity index is 2.32. The number of nitrogens with two attached hydrogens (primary N) is 1. The second kappa shape index (κ2) is 6.55. The van der Waals surface area contributed by atoms with Gasteiger partial charge < -0.3 is 9.64 Å². The first-order valence-corrected chi connectivity index (χ1v) is 6.77. The molecule has 0 saturated heterocycles. The summed E-state index contributed by atoms with van der Waals surface area (Å²) in [4.78, 5) is 14.1. The highest BCUT2D eigenvalue weighted by atomic mass is 35.5. The second-order valence-electron chi connectivity index (χ2n) is 4.49. The zero-order chi connectivity index (χ0) is 15.4. The fourth-order valence-corrected chi connectivity index (χ4v) is 1.90. The number of halogens is 1. The summed E-state index contributed by atoms with van der Waals surface area (Å²) in [5.41, 5.74) is 3.38. The van der Waals surface area contributed by atoms with Gasteiger partial charge >= 0.3 is 6.01 Å². The maximum Gasteiger partial charge on any atom is 0.328 e. The van der Waals surface area contributed by atoms with Gasteiger partial charge in [0.05, 0.1) is 0 Å². The quantitative estimate of drug-likeness (QED) is 0.646. The minimum atomic E-state index is 0.158. The molecule has 0 bridgehead atoms. The van der Waals surface area contributed by atoms with Crippen LogP contribution < -0.4 is 20.9 Å². The molecule has 1 heterocycles. The van der Waals surface area contributed by atoms with Crippen molar-refractivity contribution in [2.45, 2.75) is 13.3 Å². The number of anilines is 2. The van der Waals surface area contributed by atoms with Crippen LogP contribution in [0.25, 0.3) is 0 Å². The van der Waals surface area contributed by atoms with Crippen LogP contribution in [0, 0.1) is 0 Å². The number of ether oxygens (including phenoxy) is 1. The Kier molecular flexibility index (Phi) is 4.77. The molecule has 2 rings (SSSR count). The number of benzene rings is 1. The molecule has 0 saturated carbocycles. The summed E-state index contributed by atoms with van der Waals surface area (Å²) in [7, 11) is 3.63. The van der Waals surface area contributed by atoms with Gasteiger partial charge in [0.25, 0.3) is 0 Å². The van der Waals surface area contributed by atoms with Crippen molar-refractivity contribution in [1.29, 1.82) is 0 Å². The minimum Gasteiger partial charge on any atom is -0.424 e. The van der Waals surface area contributed by atoms with E-state index in [1.165, 1.54) is 0 Å². The van der Waals surface area contributed by atoms with E-state index in [2.05, 4.69) is 20.4 Å². The van der Waals surface area contributed by atoms with E-state index < -0.39 is 0 Å². The number of nitrogens with zero attached hydrogens (tertiary/aromatic N) is 4. The van der Waals surface area contributed by atoms with Crippen molar-refractivity contribution in [3.8, 4) is 11.8 Å². The summed E-state index contributed by atoms with van der Waals surface area (Å²) in [5.74, 6) is 6.63. The van der Waals surface area contributed by atoms with Crippen molar-refractivity contribution < 1.29 is 4.74 Å². The molecule has 7 nitrogen and oxygen atoms in total. The molecule has 0 spiro atoms. The Bertz CT molecular complexity index is 634. The third-order valence-corrected chi connectivity index (χ3v) is 3.11. The molecule has 1 aromatic carbocycles. The molecule has 0 radical (unpaired) electrons. The van der Waals surface area contributed by atoms with Crippen LogP contribution >= 0.6 is 11.6 Å². The Hall–Kier alpha value is -2.12. The fourth-order valence-electron chi connectivity index (χ4n) is 1.65. The predicted octanol–water partition coefficient (Wildman–Crippen LogP) is 2.23. The average Bonchev–Trinajstić information content (AvgIpc) is 2.48. The molecule has 112 valence electrons. The van der Waals surface area contributed by atoms with Crippen molar-refractivity contribution in [3.05, 3.63) is 28.8 Å². The smallest absolute Gasteiger partial charge is 0.328 e. The summed E-state index contributed by atoms with van der Waals surface area (Å²) in [5, 5.41) is 0.707. The number of rotatable bonds is 5. The standard InChI is InChI=1S/C13H17ClN6O/c1-4-8-7-9(5-6-10(8)14)21-13-17-11(19-15)16-12(18-13)20(2)3/h5-7H,4,15H2,1-3H3,(H,16,17,18,19). The monoisotopic (exact) mass is 308 g/mol. The highest BCUT2D eigenvalue weighted by Gasteiger charge is 2.10. The van der Waals surface area contributed by atoms with Crippen molar-refractivity contribution >= 4 is 23.5 Å². The zero-order valence-electron chi connectivity index (χ0n) is 12.1. The summed E-state index contributed by atoms with van der Waals surface area (Å²) in [6, 6.07) is 5.56. The molecule has 0 amide bonds. The van der Waals surface area contributed by atoms with E-state index in [1.54, 1.807) is 17.0 Å². The first kappa shape index (κ1) is 15.3. The Morgan fingerprint density at radius 1 is 1.29 bits per heavy atom. The largest absolute Gasteiger partial charge is 0.424 e. The topological polar surface area (TPSA) is 89.2 Å². The lowest BCUT2D eigenvalue weighted by Crippen LogP contribution is -2.17. The zero-order valence-corrected chi connectivity index (χ0v) is 12.8. The van der Waals surface area contributed by atoms with E-state index in [0.717, 1.165) is 12.0 Å². The molecular weight excluding hydrogens is 292 g/mol. The third kappa shape index (κ3) is 3.71. The Labute approximate surface area is 128 Å². The van der Waals surface area contributed by atoms with Crippen molar-refractivity contribution in [2.24, 2.45) is 5.84 Å². The molecule has 0 fully saturated rings. The molecule has 1 aromatic heterocycles. The van der Waals surface area contributed by atoms with Crippen LogP contribution in [0.1, 0.15) is 12.5 Å². The normalized spacial score (nSPS) is 10.3. The molecule has 0 unspecified atom stereocenters. The molecular formula is C13H17ClN6O. The van der Waals surface area contributed by atoms with Gasteiger partial charge in [-0.05, 0) is 30.2 Å². The van der Waals surface area contributed by atoms with Gasteiger partial charge in [-0.1, -0.05) is 18.5 Å². The van der Waals surface area contributed by atoms with Crippen LogP contribution in [-0.4, -0.2) is 29.0 Å². The number of hydrogen-bond donors (Lipinski definition) is 2. The number of nitrogen functional groups attached to an aromatic ring is 1. The van der Waals surface area contributed by atoms with Gasteiger partial charge in [-0.3, -0.25) is 5.43 Å². The van der Waals surface area contributed by atoms with Gasteiger partial charge in [-0.2, -0.15) is 15.0 Å². The maximum absolute atomic E-state index is 6.08. The fraction of sp³-hybridized carbons (Fsp3) is 0.308. The molecule has 0 aliphatic carbocycles. The molecule has 2 aromatic rings. The molecule has 0 aliphatic rings. The SMILES string of the molecule is CCc1cc(Oc2nc(NN)nc(N(C)C)n2)ccc1Cl. The van der Waals surface area contributed by atoms with Gasteiger partial charge in [0.15, 0.2) is 0 Å². The van der Waals surface area contributed by atoms with Crippen LogP contribution in [0.3, 0.4) is 0 Å². The van der Waals surface area contributed by atoms with Crippen molar-refractivity contribution in [3.63, 3.8) is 0 Å². The molecule has 0 atom stereocenters. The Morgan fingerprint density at radius 2 is 2.05 bits per heavy atom. The van der Waals surface area contributed by atoms with Crippen LogP contribution in [-0.2, 0) is 6.42 Å². The molecule has 0 aliphatic heterocycles.